The number of carbonyl (C=O) groups is 1. The van der Waals surface area contributed by atoms with Crippen LogP contribution >= 0.6 is 11.6 Å². The van der Waals surface area contributed by atoms with Gasteiger partial charge in [-0.15, -0.1) is 0 Å². The third-order valence-corrected chi connectivity index (χ3v) is 5.04. The number of phenols is 1. The van der Waals surface area contributed by atoms with Gasteiger partial charge in [0.05, 0.1) is 5.92 Å². The van der Waals surface area contributed by atoms with Crippen LogP contribution in [-0.4, -0.2) is 11.0 Å². The third-order valence-electron chi connectivity index (χ3n) is 4.81. The monoisotopic (exact) mass is 393 g/mol. The normalized spacial score (nSPS) is 12.0. The number of halogens is 1. The summed E-state index contributed by atoms with van der Waals surface area (Å²) in [6, 6.07) is 22.4. The van der Waals surface area contributed by atoms with Crippen LogP contribution in [0.15, 0.2) is 72.8 Å². The van der Waals surface area contributed by atoms with E-state index in [4.69, 9.17) is 11.6 Å². The van der Waals surface area contributed by atoms with E-state index >= 15 is 0 Å². The Morgan fingerprint density at radius 1 is 0.964 bits per heavy atom. The number of rotatable bonds is 6. The van der Waals surface area contributed by atoms with E-state index in [9.17, 15) is 9.90 Å². The fourth-order valence-electron chi connectivity index (χ4n) is 3.19. The Morgan fingerprint density at radius 3 is 2.29 bits per heavy atom. The molecule has 0 fully saturated rings. The predicted molar refractivity (Wildman–Crippen MR) is 114 cm³/mol. The third kappa shape index (κ3) is 4.73. The van der Waals surface area contributed by atoms with Crippen LogP contribution in [0.25, 0.3) is 0 Å². The summed E-state index contributed by atoms with van der Waals surface area (Å²) in [4.78, 5) is 13.1. The number of carbonyl (C=O) groups excluding carboxylic acids is 1. The first-order valence-corrected chi connectivity index (χ1v) is 9.73. The van der Waals surface area contributed by atoms with Gasteiger partial charge >= 0.3 is 0 Å². The largest absolute Gasteiger partial charge is 0.508 e. The molecule has 3 nitrogen and oxygen atoms in total. The van der Waals surface area contributed by atoms with Gasteiger partial charge in [-0.2, -0.15) is 0 Å². The number of hydrogen-bond donors (Lipinski definition) is 2. The van der Waals surface area contributed by atoms with Crippen LogP contribution in [0.2, 0.25) is 5.02 Å². The summed E-state index contributed by atoms with van der Waals surface area (Å²) in [5, 5.41) is 13.8. The molecule has 3 aromatic rings. The minimum Gasteiger partial charge on any atom is -0.508 e. The molecule has 0 aliphatic rings. The van der Waals surface area contributed by atoms with Crippen molar-refractivity contribution in [3.05, 3.63) is 100 Å². The summed E-state index contributed by atoms with van der Waals surface area (Å²) in [6.07, 6.45) is 0. The van der Waals surface area contributed by atoms with Crippen LogP contribution in [0.4, 0.5) is 0 Å². The van der Waals surface area contributed by atoms with Gasteiger partial charge in [0.25, 0.3) is 0 Å². The maximum Gasteiger partial charge on any atom is 0.232 e. The van der Waals surface area contributed by atoms with E-state index in [2.05, 4.69) is 31.3 Å². The van der Waals surface area contributed by atoms with Crippen LogP contribution in [0.3, 0.4) is 0 Å². The molecular weight excluding hydrogens is 370 g/mol. The highest BCUT2D eigenvalue weighted by Gasteiger charge is 2.25. The second-order valence-electron chi connectivity index (χ2n) is 7.16. The fourth-order valence-corrected chi connectivity index (χ4v) is 3.37. The Labute approximate surface area is 171 Å². The van der Waals surface area contributed by atoms with Gasteiger partial charge < -0.3 is 10.4 Å². The molecule has 0 aromatic heterocycles. The Kier molecular flexibility index (Phi) is 6.37. The van der Waals surface area contributed by atoms with Gasteiger partial charge in [0.15, 0.2) is 0 Å². The van der Waals surface area contributed by atoms with Crippen molar-refractivity contribution < 1.29 is 9.90 Å². The topological polar surface area (TPSA) is 49.3 Å². The molecular formula is C24H24ClNO2. The number of benzene rings is 3. The molecule has 1 atom stereocenters. The van der Waals surface area contributed by atoms with Crippen LogP contribution in [0.5, 0.6) is 5.75 Å². The molecule has 4 heteroatoms. The maximum absolute atomic E-state index is 13.1. The zero-order valence-corrected chi connectivity index (χ0v) is 16.8. The van der Waals surface area contributed by atoms with E-state index in [1.807, 2.05) is 42.5 Å². The van der Waals surface area contributed by atoms with E-state index in [0.29, 0.717) is 23.0 Å². The second-order valence-corrected chi connectivity index (χ2v) is 7.60. The van der Waals surface area contributed by atoms with Crippen LogP contribution < -0.4 is 5.32 Å². The highest BCUT2D eigenvalue weighted by atomic mass is 35.5. The van der Waals surface area contributed by atoms with Crippen LogP contribution in [-0.2, 0) is 11.3 Å². The lowest BCUT2D eigenvalue weighted by molar-refractivity contribution is -0.121. The molecule has 0 aliphatic carbocycles. The van der Waals surface area contributed by atoms with Gasteiger partial charge in [0.1, 0.15) is 5.75 Å². The summed E-state index contributed by atoms with van der Waals surface area (Å²) in [7, 11) is 0. The first-order valence-electron chi connectivity index (χ1n) is 9.35. The molecule has 3 aromatic carbocycles. The van der Waals surface area contributed by atoms with Crippen molar-refractivity contribution in [3.8, 4) is 5.75 Å². The molecule has 1 unspecified atom stereocenters. The number of nitrogens with one attached hydrogen (secondary N) is 1. The van der Waals surface area contributed by atoms with E-state index in [-0.39, 0.29) is 11.7 Å². The van der Waals surface area contributed by atoms with Gasteiger partial charge in [-0.05, 0) is 40.8 Å². The van der Waals surface area contributed by atoms with E-state index in [1.54, 1.807) is 12.1 Å². The highest BCUT2D eigenvalue weighted by Crippen LogP contribution is 2.33. The average Bonchev–Trinajstić information content (AvgIpc) is 2.70. The van der Waals surface area contributed by atoms with Crippen molar-refractivity contribution >= 4 is 17.5 Å². The Hall–Kier alpha value is -2.78. The zero-order valence-electron chi connectivity index (χ0n) is 16.0. The Balaban J connectivity index is 1.84. The molecule has 3 rings (SSSR count). The number of aromatic hydroxyl groups is 1. The lowest BCUT2D eigenvalue weighted by Crippen LogP contribution is -2.29. The minimum absolute atomic E-state index is 0.0506. The van der Waals surface area contributed by atoms with Crippen LogP contribution in [0.1, 0.15) is 47.9 Å². The molecule has 0 saturated heterocycles. The van der Waals surface area contributed by atoms with Gasteiger partial charge in [-0.25, -0.2) is 0 Å². The zero-order chi connectivity index (χ0) is 20.1. The maximum atomic E-state index is 13.1. The summed E-state index contributed by atoms with van der Waals surface area (Å²) in [6.45, 7) is 4.72. The van der Waals surface area contributed by atoms with Gasteiger partial charge in [-0.3, -0.25) is 4.79 Å². The molecule has 0 heterocycles. The number of amides is 1. The molecule has 1 amide bonds. The SMILES string of the molecule is CC(C)c1ccc(CNC(=O)C(c2ccccc2)c2cc(Cl)ccc2O)cc1. The molecule has 0 spiro atoms. The van der Waals surface area contributed by atoms with Crippen molar-refractivity contribution in [2.45, 2.75) is 32.2 Å². The summed E-state index contributed by atoms with van der Waals surface area (Å²) < 4.78 is 0. The average molecular weight is 394 g/mol. The molecule has 2 N–H and O–H groups in total. The lowest BCUT2D eigenvalue weighted by Gasteiger charge is -2.19. The predicted octanol–water partition coefficient (Wildman–Crippen LogP) is 5.62. The molecule has 144 valence electrons. The van der Waals surface area contributed by atoms with Crippen molar-refractivity contribution in [2.24, 2.45) is 0 Å². The highest BCUT2D eigenvalue weighted by molar-refractivity contribution is 6.30. The summed E-state index contributed by atoms with van der Waals surface area (Å²) in [5.74, 6) is -0.307. The van der Waals surface area contributed by atoms with Crippen LogP contribution in [0, 0.1) is 0 Å². The molecule has 0 saturated carbocycles. The number of hydrogen-bond acceptors (Lipinski definition) is 2. The summed E-state index contributed by atoms with van der Waals surface area (Å²) >= 11 is 6.12. The van der Waals surface area contributed by atoms with Crippen molar-refractivity contribution in [2.75, 3.05) is 0 Å². The molecule has 0 aliphatic heterocycles. The second kappa shape index (κ2) is 8.94. The van der Waals surface area contributed by atoms with Crippen molar-refractivity contribution in [3.63, 3.8) is 0 Å². The first-order chi connectivity index (χ1) is 13.5. The Bertz CT molecular complexity index is 937. The van der Waals surface area contributed by atoms with E-state index < -0.39 is 5.92 Å². The van der Waals surface area contributed by atoms with E-state index in [1.165, 1.54) is 11.6 Å². The van der Waals surface area contributed by atoms with Gasteiger partial charge in [-0.1, -0.05) is 80.0 Å². The van der Waals surface area contributed by atoms with Gasteiger partial charge in [0, 0.05) is 17.1 Å². The van der Waals surface area contributed by atoms with Crippen molar-refractivity contribution in [1.82, 2.24) is 5.32 Å². The van der Waals surface area contributed by atoms with Gasteiger partial charge in [0.2, 0.25) is 5.91 Å². The quantitative estimate of drug-likeness (QED) is 0.571. The number of phenolic OH excluding ortho intramolecular Hbond substituents is 1. The smallest absolute Gasteiger partial charge is 0.232 e. The van der Waals surface area contributed by atoms with E-state index in [0.717, 1.165) is 11.1 Å². The molecule has 0 radical (unpaired) electrons. The van der Waals surface area contributed by atoms with Crippen molar-refractivity contribution in [1.29, 1.82) is 0 Å². The fraction of sp³-hybridized carbons (Fsp3) is 0.208. The standard InChI is InChI=1S/C24H24ClNO2/c1-16(2)18-10-8-17(9-11-18)15-26-24(28)23(19-6-4-3-5-7-19)21-14-20(25)12-13-22(21)27/h3-14,16,23,27H,15H2,1-2H3,(H,26,28). The minimum atomic E-state index is -0.644. The summed E-state index contributed by atoms with van der Waals surface area (Å²) in [5.41, 5.74) is 3.58. The molecule has 28 heavy (non-hydrogen) atoms. The molecule has 0 bridgehead atoms. The lowest BCUT2D eigenvalue weighted by atomic mass is 9.89. The Morgan fingerprint density at radius 2 is 1.64 bits per heavy atom. The first kappa shape index (κ1) is 20.0.